The molecule has 1 aromatic rings. The number of nitrogens with zero attached hydrogens (tertiary/aromatic N) is 3. The van der Waals surface area contributed by atoms with Crippen molar-refractivity contribution in [1.29, 1.82) is 0 Å². The fraction of sp³-hybridized carbons (Fsp3) is 0.625. The number of aliphatic carboxylic acids is 1. The molecule has 0 unspecified atom stereocenters. The summed E-state index contributed by atoms with van der Waals surface area (Å²) >= 11 is 0. The van der Waals surface area contributed by atoms with Crippen LogP contribution < -0.4 is 0 Å². The summed E-state index contributed by atoms with van der Waals surface area (Å²) in [5.41, 5.74) is 0.641. The van der Waals surface area contributed by atoms with Crippen molar-refractivity contribution in [2.75, 3.05) is 13.6 Å². The minimum Gasteiger partial charge on any atom is -0.479 e. The van der Waals surface area contributed by atoms with E-state index in [4.69, 9.17) is 14.6 Å². The lowest BCUT2D eigenvalue weighted by Gasteiger charge is -2.39. The van der Waals surface area contributed by atoms with Gasteiger partial charge in [0.25, 0.3) is 0 Å². The molecule has 1 fully saturated rings. The summed E-state index contributed by atoms with van der Waals surface area (Å²) in [5, 5.41) is 42.9. The van der Waals surface area contributed by atoms with Gasteiger partial charge in [0, 0.05) is 26.0 Å². The van der Waals surface area contributed by atoms with Crippen molar-refractivity contribution in [3.63, 3.8) is 0 Å². The van der Waals surface area contributed by atoms with Gasteiger partial charge in [-0.3, -0.25) is 9.99 Å². The van der Waals surface area contributed by atoms with Gasteiger partial charge in [0.05, 0.1) is 11.4 Å². The second-order valence-electron chi connectivity index (χ2n) is 6.25. The number of hydrogen-bond acceptors (Lipinski definition) is 9. The molecule has 1 aromatic heterocycles. The van der Waals surface area contributed by atoms with Crippen LogP contribution in [0.3, 0.4) is 0 Å². The first kappa shape index (κ1) is 21.1. The lowest BCUT2D eigenvalue weighted by molar-refractivity contribution is -0.306. The number of aromatic nitrogens is 1. The molecule has 1 aliphatic rings. The van der Waals surface area contributed by atoms with Crippen molar-refractivity contribution in [2.24, 2.45) is 5.29 Å². The van der Waals surface area contributed by atoms with E-state index in [1.54, 1.807) is 24.5 Å². The number of nitroso groups, excluding NO2 is 1. The second-order valence-corrected chi connectivity index (χ2v) is 6.25. The smallest absolute Gasteiger partial charge is 0.335 e. The quantitative estimate of drug-likeness (QED) is 0.320. The first-order valence-corrected chi connectivity index (χ1v) is 8.37. The number of carbonyl (C=O) groups is 1. The predicted octanol–water partition coefficient (Wildman–Crippen LogP) is -0.575. The van der Waals surface area contributed by atoms with E-state index in [2.05, 4.69) is 10.3 Å². The number of aliphatic hydroxyl groups excluding tert-OH is 3. The number of carboxylic acid groups (broad SMARTS) is 1. The van der Waals surface area contributed by atoms with Gasteiger partial charge in [-0.1, -0.05) is 6.07 Å². The third-order valence-electron chi connectivity index (χ3n) is 4.25. The molecule has 11 heteroatoms. The summed E-state index contributed by atoms with van der Waals surface area (Å²) in [6.45, 7) is 0.358. The topological polar surface area (TPSA) is 162 Å². The zero-order valence-electron chi connectivity index (χ0n) is 14.7. The molecule has 6 atom stereocenters. The minimum atomic E-state index is -1.79. The Morgan fingerprint density at radius 2 is 2.11 bits per heavy atom. The fourth-order valence-electron chi connectivity index (χ4n) is 2.75. The molecule has 11 nitrogen and oxygen atoms in total. The number of pyridine rings is 1. The van der Waals surface area contributed by atoms with Crippen LogP contribution in [0.2, 0.25) is 0 Å². The van der Waals surface area contributed by atoms with Crippen LogP contribution in [0.15, 0.2) is 29.8 Å². The second kappa shape index (κ2) is 9.67. The van der Waals surface area contributed by atoms with Gasteiger partial charge >= 0.3 is 5.97 Å². The Balaban J connectivity index is 2.12. The predicted molar refractivity (Wildman–Crippen MR) is 90.0 cm³/mol. The van der Waals surface area contributed by atoms with Crippen LogP contribution in [-0.2, 0) is 14.3 Å². The van der Waals surface area contributed by atoms with Crippen molar-refractivity contribution in [2.45, 2.75) is 49.7 Å². The Kier molecular flexibility index (Phi) is 7.56. The molecule has 0 bridgehead atoms. The van der Waals surface area contributed by atoms with E-state index in [1.807, 2.05) is 0 Å². The molecule has 0 saturated carbocycles. The molecule has 0 aliphatic carbocycles. The van der Waals surface area contributed by atoms with E-state index in [0.717, 1.165) is 0 Å². The standard InChI is InChI=1S/C16H23N3O8/c1-19(18-25)7-3-5-10(9-4-2-6-17-8-9)26-16-13(22)11(20)12(21)14(27-16)15(23)24/h2,4,6,8,10-14,16,20-22H,3,5,7H2,1H3,(H,23,24)/t10-,11+,12+,13-,14+,16-/m1/s1. The minimum absolute atomic E-state index is 0.358. The molecule has 4 N–H and O–H groups in total. The van der Waals surface area contributed by atoms with Crippen molar-refractivity contribution in [3.8, 4) is 0 Å². The highest BCUT2D eigenvalue weighted by molar-refractivity contribution is 5.73. The summed E-state index contributed by atoms with van der Waals surface area (Å²) in [6, 6.07) is 3.41. The molecule has 1 saturated heterocycles. The molecule has 0 aromatic carbocycles. The molecular weight excluding hydrogens is 362 g/mol. The highest BCUT2D eigenvalue weighted by Gasteiger charge is 2.48. The first-order valence-electron chi connectivity index (χ1n) is 8.37. The third-order valence-corrected chi connectivity index (χ3v) is 4.25. The van der Waals surface area contributed by atoms with E-state index in [9.17, 15) is 25.0 Å². The average molecular weight is 385 g/mol. The van der Waals surface area contributed by atoms with Gasteiger partial charge in [0.15, 0.2) is 12.4 Å². The Hall–Kier alpha value is -2.18. The zero-order chi connectivity index (χ0) is 20.0. The van der Waals surface area contributed by atoms with E-state index >= 15 is 0 Å². The van der Waals surface area contributed by atoms with E-state index in [1.165, 1.54) is 12.1 Å². The molecular formula is C16H23N3O8. The first-order chi connectivity index (χ1) is 12.8. The highest BCUT2D eigenvalue weighted by Crippen LogP contribution is 2.30. The normalized spacial score (nSPS) is 29.1. The van der Waals surface area contributed by atoms with E-state index in [0.29, 0.717) is 24.9 Å². The van der Waals surface area contributed by atoms with Crippen LogP contribution in [-0.4, -0.2) is 80.7 Å². The number of rotatable bonds is 9. The third kappa shape index (κ3) is 5.40. The van der Waals surface area contributed by atoms with Gasteiger partial charge in [-0.05, 0) is 24.5 Å². The lowest BCUT2D eigenvalue weighted by atomic mass is 9.98. The number of hydrogen-bond donors (Lipinski definition) is 4. The molecule has 27 heavy (non-hydrogen) atoms. The number of carboxylic acids is 1. The van der Waals surface area contributed by atoms with Crippen LogP contribution in [0.4, 0.5) is 0 Å². The maximum absolute atomic E-state index is 11.2. The summed E-state index contributed by atoms with van der Waals surface area (Å²) < 4.78 is 10.9. The molecule has 0 spiro atoms. The largest absolute Gasteiger partial charge is 0.479 e. The van der Waals surface area contributed by atoms with Crippen LogP contribution in [0, 0.1) is 4.91 Å². The number of aliphatic hydroxyl groups is 3. The van der Waals surface area contributed by atoms with Crippen molar-refractivity contribution < 1.29 is 34.7 Å². The van der Waals surface area contributed by atoms with Crippen molar-refractivity contribution >= 4 is 5.97 Å². The summed E-state index contributed by atoms with van der Waals surface area (Å²) in [6.07, 6.45) is -5.06. The summed E-state index contributed by atoms with van der Waals surface area (Å²) in [4.78, 5) is 25.7. The van der Waals surface area contributed by atoms with Crippen LogP contribution in [0.25, 0.3) is 0 Å². The maximum atomic E-state index is 11.2. The van der Waals surface area contributed by atoms with Crippen molar-refractivity contribution in [1.82, 2.24) is 9.99 Å². The Morgan fingerprint density at radius 3 is 2.70 bits per heavy atom. The SMILES string of the molecule is CN(CCC[C@@H](O[C@@H]1O[C@H](C(=O)O)[C@@H](O)[C@H](O)[C@H]1O)c1cccnc1)N=O. The molecule has 0 amide bonds. The van der Waals surface area contributed by atoms with E-state index in [-0.39, 0.29) is 0 Å². The van der Waals surface area contributed by atoms with Gasteiger partial charge in [0.1, 0.15) is 18.3 Å². The average Bonchev–Trinajstić information content (AvgIpc) is 2.67. The van der Waals surface area contributed by atoms with Gasteiger partial charge in [-0.25, -0.2) is 4.79 Å². The van der Waals surface area contributed by atoms with Crippen LogP contribution >= 0.6 is 0 Å². The van der Waals surface area contributed by atoms with Crippen molar-refractivity contribution in [3.05, 3.63) is 35.0 Å². The molecule has 2 rings (SSSR count). The molecule has 2 heterocycles. The van der Waals surface area contributed by atoms with Gasteiger partial charge < -0.3 is 29.9 Å². The van der Waals surface area contributed by atoms with Gasteiger partial charge in [-0.2, -0.15) is 0 Å². The van der Waals surface area contributed by atoms with Gasteiger partial charge in [0.2, 0.25) is 0 Å². The fourth-order valence-corrected chi connectivity index (χ4v) is 2.75. The summed E-state index contributed by atoms with van der Waals surface area (Å²) in [5.74, 6) is -1.49. The molecule has 1 aliphatic heterocycles. The van der Waals surface area contributed by atoms with Crippen LogP contribution in [0.1, 0.15) is 24.5 Å². The van der Waals surface area contributed by atoms with Gasteiger partial charge in [-0.15, -0.1) is 4.91 Å². The lowest BCUT2D eigenvalue weighted by Crippen LogP contribution is -2.60. The maximum Gasteiger partial charge on any atom is 0.335 e. The highest BCUT2D eigenvalue weighted by atomic mass is 16.7. The Labute approximate surface area is 155 Å². The molecule has 150 valence electrons. The zero-order valence-corrected chi connectivity index (χ0v) is 14.7. The van der Waals surface area contributed by atoms with E-state index < -0.39 is 42.8 Å². The Morgan fingerprint density at radius 1 is 1.37 bits per heavy atom. The summed E-state index contributed by atoms with van der Waals surface area (Å²) in [7, 11) is 1.52. The Bertz CT molecular complexity index is 619. The monoisotopic (exact) mass is 385 g/mol. The van der Waals surface area contributed by atoms with Crippen LogP contribution in [0.5, 0.6) is 0 Å². The molecule has 0 radical (unpaired) electrons. The number of ether oxygens (including phenoxy) is 2.